The van der Waals surface area contributed by atoms with E-state index in [0.717, 1.165) is 10.2 Å². The minimum atomic E-state index is -0.434. The van der Waals surface area contributed by atoms with Crippen LogP contribution in [-0.2, 0) is 6.54 Å². The molecule has 8 heteroatoms. The molecule has 0 saturated heterocycles. The van der Waals surface area contributed by atoms with Crippen molar-refractivity contribution in [3.63, 3.8) is 0 Å². The van der Waals surface area contributed by atoms with Gasteiger partial charge in [0.05, 0.1) is 5.69 Å². The van der Waals surface area contributed by atoms with Gasteiger partial charge in [0.25, 0.3) is 17.4 Å². The van der Waals surface area contributed by atoms with Crippen molar-refractivity contribution >= 4 is 11.8 Å². The molecule has 0 bridgehead atoms. The fourth-order valence-electron chi connectivity index (χ4n) is 2.74. The SMILES string of the molecule is CNC(=O)c1ccc(CN(C)C(=O)c2ccc(=O)n(-c3ccc(F)cc3)n2)cc1. The quantitative estimate of drug-likeness (QED) is 0.717. The lowest BCUT2D eigenvalue weighted by Crippen LogP contribution is -2.30. The van der Waals surface area contributed by atoms with Gasteiger partial charge in [0, 0.05) is 32.3 Å². The second-order valence-electron chi connectivity index (χ2n) is 6.38. The van der Waals surface area contributed by atoms with Gasteiger partial charge < -0.3 is 10.2 Å². The Labute approximate surface area is 166 Å². The molecule has 7 nitrogen and oxygen atoms in total. The van der Waals surface area contributed by atoms with E-state index in [1.54, 1.807) is 38.4 Å². The molecule has 0 aliphatic rings. The fourth-order valence-corrected chi connectivity index (χ4v) is 2.74. The lowest BCUT2D eigenvalue weighted by Gasteiger charge is -2.17. The van der Waals surface area contributed by atoms with Gasteiger partial charge in [0.1, 0.15) is 11.5 Å². The molecule has 2 amide bonds. The standard InChI is InChI=1S/C21H19FN4O3/c1-23-20(28)15-5-3-14(4-6-15)13-25(2)21(29)18-11-12-19(27)26(24-18)17-9-7-16(22)8-10-17/h3-12H,13H2,1-2H3,(H,23,28). The summed E-state index contributed by atoms with van der Waals surface area (Å²) in [5.74, 6) is -0.999. The molecule has 0 atom stereocenters. The lowest BCUT2D eigenvalue weighted by atomic mass is 10.1. The minimum absolute atomic E-state index is 0.0819. The topological polar surface area (TPSA) is 84.3 Å². The second kappa shape index (κ2) is 8.47. The van der Waals surface area contributed by atoms with Crippen molar-refractivity contribution in [1.82, 2.24) is 20.0 Å². The number of carbonyl (C=O) groups is 2. The summed E-state index contributed by atoms with van der Waals surface area (Å²) < 4.78 is 14.2. The van der Waals surface area contributed by atoms with Crippen LogP contribution in [0.2, 0.25) is 0 Å². The van der Waals surface area contributed by atoms with Gasteiger partial charge in [0.2, 0.25) is 0 Å². The number of halogens is 1. The van der Waals surface area contributed by atoms with Crippen LogP contribution in [0.1, 0.15) is 26.4 Å². The number of carbonyl (C=O) groups excluding carboxylic acids is 2. The fraction of sp³-hybridized carbons (Fsp3) is 0.143. The van der Waals surface area contributed by atoms with Gasteiger partial charge in [-0.2, -0.15) is 9.78 Å². The molecule has 0 saturated carbocycles. The van der Waals surface area contributed by atoms with E-state index in [1.165, 1.54) is 41.3 Å². The number of rotatable bonds is 5. The Morgan fingerprint density at radius 2 is 1.69 bits per heavy atom. The Hall–Kier alpha value is -3.81. The molecule has 0 spiro atoms. The number of nitrogens with one attached hydrogen (secondary N) is 1. The number of hydrogen-bond donors (Lipinski definition) is 1. The van der Waals surface area contributed by atoms with E-state index in [4.69, 9.17) is 0 Å². The van der Waals surface area contributed by atoms with Crippen molar-refractivity contribution in [1.29, 1.82) is 0 Å². The molecular weight excluding hydrogens is 375 g/mol. The van der Waals surface area contributed by atoms with Crippen molar-refractivity contribution in [3.8, 4) is 5.69 Å². The van der Waals surface area contributed by atoms with Crippen LogP contribution in [-0.4, -0.2) is 40.6 Å². The van der Waals surface area contributed by atoms with Crippen LogP contribution in [0.4, 0.5) is 4.39 Å². The highest BCUT2D eigenvalue weighted by atomic mass is 19.1. The Balaban J connectivity index is 1.79. The van der Waals surface area contributed by atoms with Crippen molar-refractivity contribution in [2.75, 3.05) is 14.1 Å². The number of hydrogen-bond acceptors (Lipinski definition) is 4. The first-order valence-corrected chi connectivity index (χ1v) is 8.82. The van der Waals surface area contributed by atoms with Gasteiger partial charge >= 0.3 is 0 Å². The van der Waals surface area contributed by atoms with Crippen molar-refractivity contribution in [2.45, 2.75) is 6.54 Å². The number of benzene rings is 2. The summed E-state index contributed by atoms with van der Waals surface area (Å²) >= 11 is 0. The van der Waals surface area contributed by atoms with Crippen LogP contribution < -0.4 is 10.9 Å². The van der Waals surface area contributed by atoms with E-state index >= 15 is 0 Å². The summed E-state index contributed by atoms with van der Waals surface area (Å²) in [6, 6.07) is 14.7. The lowest BCUT2D eigenvalue weighted by molar-refractivity contribution is 0.0776. The summed E-state index contributed by atoms with van der Waals surface area (Å²) in [5, 5.41) is 6.67. The molecule has 0 unspecified atom stereocenters. The maximum absolute atomic E-state index is 13.1. The third kappa shape index (κ3) is 4.55. The first-order chi connectivity index (χ1) is 13.9. The average molecular weight is 394 g/mol. The number of nitrogens with zero attached hydrogens (tertiary/aromatic N) is 3. The van der Waals surface area contributed by atoms with Gasteiger partial charge in [-0.3, -0.25) is 14.4 Å². The third-order valence-corrected chi connectivity index (χ3v) is 4.30. The minimum Gasteiger partial charge on any atom is -0.355 e. The molecule has 1 aromatic heterocycles. The summed E-state index contributed by atoms with van der Waals surface area (Å²) in [5.41, 5.74) is 1.37. The Morgan fingerprint density at radius 3 is 2.31 bits per heavy atom. The van der Waals surface area contributed by atoms with Crippen LogP contribution >= 0.6 is 0 Å². The van der Waals surface area contributed by atoms with Crippen LogP contribution in [0.3, 0.4) is 0 Å². The van der Waals surface area contributed by atoms with E-state index in [-0.39, 0.29) is 17.5 Å². The zero-order chi connectivity index (χ0) is 21.0. The van der Waals surface area contributed by atoms with E-state index in [2.05, 4.69) is 10.4 Å². The van der Waals surface area contributed by atoms with E-state index in [1.807, 2.05) is 0 Å². The van der Waals surface area contributed by atoms with E-state index < -0.39 is 11.4 Å². The molecule has 3 rings (SSSR count). The zero-order valence-corrected chi connectivity index (χ0v) is 15.9. The number of amides is 2. The predicted octanol–water partition coefficient (Wildman–Crippen LogP) is 2.00. The molecule has 2 aromatic carbocycles. The van der Waals surface area contributed by atoms with E-state index in [9.17, 15) is 18.8 Å². The van der Waals surface area contributed by atoms with Crippen molar-refractivity contribution in [2.24, 2.45) is 0 Å². The van der Waals surface area contributed by atoms with Crippen LogP contribution in [0, 0.1) is 5.82 Å². The molecule has 148 valence electrons. The first kappa shape index (κ1) is 19.9. The van der Waals surface area contributed by atoms with Crippen molar-refractivity contribution < 1.29 is 14.0 Å². The Bertz CT molecular complexity index is 1090. The van der Waals surface area contributed by atoms with Gasteiger partial charge in [-0.15, -0.1) is 0 Å². The maximum atomic E-state index is 13.1. The normalized spacial score (nSPS) is 10.4. The monoisotopic (exact) mass is 394 g/mol. The summed E-state index contributed by atoms with van der Waals surface area (Å²) in [4.78, 5) is 37.9. The predicted molar refractivity (Wildman–Crippen MR) is 105 cm³/mol. The maximum Gasteiger partial charge on any atom is 0.274 e. The largest absolute Gasteiger partial charge is 0.355 e. The highest BCUT2D eigenvalue weighted by Crippen LogP contribution is 2.10. The van der Waals surface area contributed by atoms with Gasteiger partial charge in [-0.25, -0.2) is 4.39 Å². The van der Waals surface area contributed by atoms with Crippen molar-refractivity contribution in [3.05, 3.63) is 93.7 Å². The molecule has 1 heterocycles. The molecule has 3 aromatic rings. The molecule has 29 heavy (non-hydrogen) atoms. The molecule has 0 aliphatic carbocycles. The van der Waals surface area contributed by atoms with E-state index in [0.29, 0.717) is 17.8 Å². The van der Waals surface area contributed by atoms with Gasteiger partial charge in [0.15, 0.2) is 0 Å². The van der Waals surface area contributed by atoms with Crippen LogP contribution in [0.15, 0.2) is 65.5 Å². The molecule has 0 radical (unpaired) electrons. The highest BCUT2D eigenvalue weighted by Gasteiger charge is 2.16. The summed E-state index contributed by atoms with van der Waals surface area (Å²) in [7, 11) is 3.17. The molecule has 0 aliphatic heterocycles. The molecular formula is C21H19FN4O3. The third-order valence-electron chi connectivity index (χ3n) is 4.30. The Kier molecular flexibility index (Phi) is 5.82. The Morgan fingerprint density at radius 1 is 1.03 bits per heavy atom. The molecule has 1 N–H and O–H groups in total. The summed E-state index contributed by atoms with van der Waals surface area (Å²) in [6.45, 7) is 0.296. The van der Waals surface area contributed by atoms with Crippen LogP contribution in [0.5, 0.6) is 0 Å². The average Bonchev–Trinajstić information content (AvgIpc) is 2.74. The van der Waals surface area contributed by atoms with Gasteiger partial charge in [-0.1, -0.05) is 12.1 Å². The first-order valence-electron chi connectivity index (χ1n) is 8.82. The molecule has 0 fully saturated rings. The smallest absolute Gasteiger partial charge is 0.274 e. The summed E-state index contributed by atoms with van der Waals surface area (Å²) in [6.07, 6.45) is 0. The zero-order valence-electron chi connectivity index (χ0n) is 15.9. The highest BCUT2D eigenvalue weighted by molar-refractivity contribution is 5.94. The number of aromatic nitrogens is 2. The van der Waals surface area contributed by atoms with Gasteiger partial charge in [-0.05, 0) is 48.0 Å². The van der Waals surface area contributed by atoms with Crippen LogP contribution in [0.25, 0.3) is 5.69 Å². The second-order valence-corrected chi connectivity index (χ2v) is 6.38.